The average molecular weight is 474 g/mol. The van der Waals surface area contributed by atoms with Gasteiger partial charge in [-0.2, -0.15) is 0 Å². The van der Waals surface area contributed by atoms with Crippen LogP contribution >= 0.6 is 0 Å². The topological polar surface area (TPSA) is 76.0 Å². The number of aliphatic hydroxyl groups is 1. The summed E-state index contributed by atoms with van der Waals surface area (Å²) >= 11 is 0. The molecule has 0 radical (unpaired) electrons. The SMILES string of the molecule is CCn1c2ccccc2c2cc(NC(=O)C3CC(O)N(Cc4ccc(OC)cc4OC)C3)ccc21. The van der Waals surface area contributed by atoms with E-state index in [-0.39, 0.29) is 11.8 Å². The maximum Gasteiger partial charge on any atom is 0.228 e. The van der Waals surface area contributed by atoms with Gasteiger partial charge in [0, 0.05) is 58.8 Å². The van der Waals surface area contributed by atoms with Gasteiger partial charge in [-0.25, -0.2) is 0 Å². The van der Waals surface area contributed by atoms with Crippen LogP contribution in [-0.2, 0) is 17.9 Å². The zero-order chi connectivity index (χ0) is 24.5. The highest BCUT2D eigenvalue weighted by molar-refractivity contribution is 6.09. The molecule has 1 amide bonds. The van der Waals surface area contributed by atoms with Crippen molar-refractivity contribution in [3.63, 3.8) is 0 Å². The zero-order valence-electron chi connectivity index (χ0n) is 20.3. The summed E-state index contributed by atoms with van der Waals surface area (Å²) in [6.45, 7) is 3.98. The minimum absolute atomic E-state index is 0.0770. The van der Waals surface area contributed by atoms with Crippen molar-refractivity contribution in [2.24, 2.45) is 5.92 Å². The number of carbonyl (C=O) groups is 1. The number of anilines is 1. The highest BCUT2D eigenvalue weighted by Crippen LogP contribution is 2.33. The Hall–Kier alpha value is -3.55. The van der Waals surface area contributed by atoms with E-state index in [1.165, 1.54) is 10.9 Å². The molecule has 0 spiro atoms. The third kappa shape index (κ3) is 4.33. The number of para-hydroxylation sites is 1. The lowest BCUT2D eigenvalue weighted by Crippen LogP contribution is -2.30. The molecule has 7 heteroatoms. The fraction of sp³-hybridized carbons (Fsp3) is 0.321. The number of hydrogen-bond acceptors (Lipinski definition) is 5. The molecule has 2 unspecified atom stereocenters. The number of nitrogens with one attached hydrogen (secondary N) is 1. The second-order valence-electron chi connectivity index (χ2n) is 9.00. The summed E-state index contributed by atoms with van der Waals surface area (Å²) in [5, 5.41) is 16.1. The predicted molar refractivity (Wildman–Crippen MR) is 138 cm³/mol. The van der Waals surface area contributed by atoms with Crippen molar-refractivity contribution in [1.29, 1.82) is 0 Å². The number of aryl methyl sites for hydroxylation is 1. The molecule has 0 saturated carbocycles. The van der Waals surface area contributed by atoms with E-state index in [0.717, 1.165) is 28.7 Å². The number of benzene rings is 3. The molecule has 0 aliphatic carbocycles. The quantitative estimate of drug-likeness (QED) is 0.410. The first-order chi connectivity index (χ1) is 17.0. The highest BCUT2D eigenvalue weighted by Gasteiger charge is 2.35. The molecule has 5 rings (SSSR count). The molecule has 4 aromatic rings. The van der Waals surface area contributed by atoms with Crippen molar-refractivity contribution in [1.82, 2.24) is 9.47 Å². The molecule has 1 fully saturated rings. The Morgan fingerprint density at radius 3 is 2.60 bits per heavy atom. The molecule has 1 saturated heterocycles. The lowest BCUT2D eigenvalue weighted by atomic mass is 10.1. The molecule has 1 aliphatic rings. The number of fused-ring (bicyclic) bond motifs is 3. The number of aromatic nitrogens is 1. The van der Waals surface area contributed by atoms with E-state index in [1.807, 2.05) is 41.3 Å². The van der Waals surface area contributed by atoms with Gasteiger partial charge in [-0.1, -0.05) is 24.3 Å². The maximum atomic E-state index is 13.1. The Morgan fingerprint density at radius 1 is 1.03 bits per heavy atom. The van der Waals surface area contributed by atoms with Gasteiger partial charge in [-0.3, -0.25) is 9.69 Å². The van der Waals surface area contributed by atoms with Crippen molar-refractivity contribution < 1.29 is 19.4 Å². The van der Waals surface area contributed by atoms with Gasteiger partial charge in [0.2, 0.25) is 5.91 Å². The van der Waals surface area contributed by atoms with Gasteiger partial charge in [0.25, 0.3) is 0 Å². The Bertz CT molecular complexity index is 1380. The molecule has 2 N–H and O–H groups in total. The largest absolute Gasteiger partial charge is 0.497 e. The molecular weight excluding hydrogens is 442 g/mol. The summed E-state index contributed by atoms with van der Waals surface area (Å²) in [5.41, 5.74) is 4.05. The van der Waals surface area contributed by atoms with Crippen LogP contribution in [0.5, 0.6) is 11.5 Å². The standard InChI is InChI=1S/C28H31N3O4/c1-4-31-24-8-6-5-7-22(24)23-14-20(10-12-25(23)31)29-28(33)19-13-27(32)30(17-19)16-18-9-11-21(34-2)15-26(18)35-3/h5-12,14-15,19,27,32H,4,13,16-17H2,1-3H3,(H,29,33). The average Bonchev–Trinajstić information content (AvgIpc) is 3.41. The lowest BCUT2D eigenvalue weighted by Gasteiger charge is -2.21. The smallest absolute Gasteiger partial charge is 0.228 e. The molecule has 1 aliphatic heterocycles. The number of aliphatic hydroxyl groups excluding tert-OH is 1. The predicted octanol–water partition coefficient (Wildman–Crippen LogP) is 4.61. The van der Waals surface area contributed by atoms with E-state index in [0.29, 0.717) is 31.0 Å². The number of methoxy groups -OCH3 is 2. The molecule has 182 valence electrons. The Kier molecular flexibility index (Phi) is 6.36. The van der Waals surface area contributed by atoms with Crippen LogP contribution in [0, 0.1) is 5.92 Å². The number of rotatable bonds is 7. The van der Waals surface area contributed by atoms with Gasteiger partial charge in [0.1, 0.15) is 17.7 Å². The summed E-state index contributed by atoms with van der Waals surface area (Å²) < 4.78 is 13.0. The second-order valence-corrected chi connectivity index (χ2v) is 9.00. The fourth-order valence-corrected chi connectivity index (χ4v) is 5.16. The number of likely N-dealkylation sites (tertiary alicyclic amines) is 1. The molecule has 1 aromatic heterocycles. The van der Waals surface area contributed by atoms with Gasteiger partial charge in [-0.15, -0.1) is 0 Å². The van der Waals surface area contributed by atoms with Crippen molar-refractivity contribution in [3.05, 3.63) is 66.2 Å². The van der Waals surface area contributed by atoms with E-state index < -0.39 is 6.23 Å². The maximum absolute atomic E-state index is 13.1. The summed E-state index contributed by atoms with van der Waals surface area (Å²) in [5.74, 6) is 1.03. The Labute approximate surface area is 204 Å². The minimum Gasteiger partial charge on any atom is -0.497 e. The molecule has 35 heavy (non-hydrogen) atoms. The molecule has 0 bridgehead atoms. The Balaban J connectivity index is 1.31. The number of hydrogen-bond donors (Lipinski definition) is 2. The second kappa shape index (κ2) is 9.60. The summed E-state index contributed by atoms with van der Waals surface area (Å²) in [4.78, 5) is 15.0. The normalized spacial score (nSPS) is 18.3. The van der Waals surface area contributed by atoms with E-state index in [1.54, 1.807) is 14.2 Å². The van der Waals surface area contributed by atoms with Crippen molar-refractivity contribution >= 4 is 33.4 Å². The fourth-order valence-electron chi connectivity index (χ4n) is 5.16. The lowest BCUT2D eigenvalue weighted by molar-refractivity contribution is -0.119. The van der Waals surface area contributed by atoms with E-state index in [2.05, 4.69) is 41.1 Å². The van der Waals surface area contributed by atoms with Crippen LogP contribution in [0.3, 0.4) is 0 Å². The highest BCUT2D eigenvalue weighted by atomic mass is 16.5. The third-order valence-corrected chi connectivity index (χ3v) is 6.97. The molecule has 3 aromatic carbocycles. The van der Waals surface area contributed by atoms with Crippen LogP contribution in [0.15, 0.2) is 60.7 Å². The first kappa shape index (κ1) is 23.2. The van der Waals surface area contributed by atoms with Crippen LogP contribution in [0.2, 0.25) is 0 Å². The van der Waals surface area contributed by atoms with Gasteiger partial charge in [0.05, 0.1) is 20.1 Å². The first-order valence-electron chi connectivity index (χ1n) is 12.0. The Morgan fingerprint density at radius 2 is 1.83 bits per heavy atom. The number of ether oxygens (including phenoxy) is 2. The molecule has 7 nitrogen and oxygen atoms in total. The molecule has 2 heterocycles. The first-order valence-corrected chi connectivity index (χ1v) is 12.0. The van der Waals surface area contributed by atoms with E-state index >= 15 is 0 Å². The van der Waals surface area contributed by atoms with Gasteiger partial charge in [0.15, 0.2) is 0 Å². The number of nitrogens with zero attached hydrogens (tertiary/aromatic N) is 2. The zero-order valence-corrected chi connectivity index (χ0v) is 20.3. The van der Waals surface area contributed by atoms with Crippen LogP contribution in [0.4, 0.5) is 5.69 Å². The monoisotopic (exact) mass is 473 g/mol. The van der Waals surface area contributed by atoms with Crippen LogP contribution in [-0.4, -0.2) is 47.5 Å². The summed E-state index contributed by atoms with van der Waals surface area (Å²) in [6, 6.07) is 20.0. The van der Waals surface area contributed by atoms with Gasteiger partial charge in [-0.05, 0) is 43.7 Å². The third-order valence-electron chi connectivity index (χ3n) is 6.97. The van der Waals surface area contributed by atoms with E-state index in [4.69, 9.17) is 9.47 Å². The van der Waals surface area contributed by atoms with Gasteiger partial charge >= 0.3 is 0 Å². The molecule has 2 atom stereocenters. The van der Waals surface area contributed by atoms with Gasteiger partial charge < -0.3 is 24.5 Å². The minimum atomic E-state index is -0.692. The van der Waals surface area contributed by atoms with Crippen LogP contribution in [0.25, 0.3) is 21.8 Å². The van der Waals surface area contributed by atoms with Crippen molar-refractivity contribution in [2.45, 2.75) is 32.7 Å². The summed E-state index contributed by atoms with van der Waals surface area (Å²) in [6.07, 6.45) is -0.302. The van der Waals surface area contributed by atoms with E-state index in [9.17, 15) is 9.90 Å². The van der Waals surface area contributed by atoms with Crippen molar-refractivity contribution in [3.8, 4) is 11.5 Å². The number of carbonyl (C=O) groups excluding carboxylic acids is 1. The van der Waals surface area contributed by atoms with Crippen LogP contribution < -0.4 is 14.8 Å². The van der Waals surface area contributed by atoms with Crippen LogP contribution in [0.1, 0.15) is 18.9 Å². The van der Waals surface area contributed by atoms with Crippen molar-refractivity contribution in [2.75, 3.05) is 26.1 Å². The molecular formula is C28H31N3O4. The number of amides is 1. The summed E-state index contributed by atoms with van der Waals surface area (Å²) in [7, 11) is 3.23.